The first-order valence-corrected chi connectivity index (χ1v) is 6.37. The molecule has 0 aliphatic carbocycles. The average Bonchev–Trinajstić information content (AvgIpc) is 2.71. The second kappa shape index (κ2) is 4.51. The molecule has 2 rings (SSSR count). The highest BCUT2D eigenvalue weighted by atomic mass is 32.2. The minimum Gasteiger partial charge on any atom is -0.616 e. The summed E-state index contributed by atoms with van der Waals surface area (Å²) in [6, 6.07) is 7.94. The van der Waals surface area contributed by atoms with Crippen molar-refractivity contribution < 1.29 is 4.55 Å². The smallest absolute Gasteiger partial charge is 0.137 e. The van der Waals surface area contributed by atoms with E-state index in [2.05, 4.69) is 9.97 Å². The molecule has 4 heteroatoms. The predicted octanol–water partition coefficient (Wildman–Crippen LogP) is 1.96. The van der Waals surface area contributed by atoms with Crippen LogP contribution in [0.1, 0.15) is 5.56 Å². The summed E-state index contributed by atoms with van der Waals surface area (Å²) in [5.74, 6) is 1.47. The third-order valence-electron chi connectivity index (χ3n) is 2.10. The number of hydrogen-bond donors (Lipinski definition) is 1. The molecule has 0 aliphatic heterocycles. The number of aromatic amines is 1. The Hall–Kier alpha value is -1.26. The van der Waals surface area contributed by atoms with Crippen LogP contribution in [0.4, 0.5) is 0 Å². The molecule has 2 aromatic rings. The van der Waals surface area contributed by atoms with Crippen LogP contribution in [0.3, 0.4) is 0 Å². The Labute approximate surface area is 91.7 Å². The second-order valence-electron chi connectivity index (χ2n) is 3.35. The molecule has 0 aliphatic rings. The van der Waals surface area contributed by atoms with E-state index >= 15 is 0 Å². The molecular weight excluding hydrogens is 208 g/mol. The van der Waals surface area contributed by atoms with Gasteiger partial charge in [0, 0.05) is 23.5 Å². The van der Waals surface area contributed by atoms with E-state index < -0.39 is 11.2 Å². The number of benzene rings is 1. The van der Waals surface area contributed by atoms with Gasteiger partial charge in [-0.3, -0.25) is 0 Å². The Morgan fingerprint density at radius 2 is 2.07 bits per heavy atom. The number of nitrogens with one attached hydrogen (secondary N) is 1. The van der Waals surface area contributed by atoms with Crippen LogP contribution in [-0.4, -0.2) is 20.8 Å². The number of aromatic nitrogens is 2. The van der Waals surface area contributed by atoms with Gasteiger partial charge in [-0.25, -0.2) is 4.98 Å². The maximum Gasteiger partial charge on any atom is 0.137 e. The van der Waals surface area contributed by atoms with Crippen molar-refractivity contribution in [1.29, 1.82) is 0 Å². The van der Waals surface area contributed by atoms with Gasteiger partial charge in [-0.1, -0.05) is 35.4 Å². The molecular formula is C11H12N2OS. The molecule has 3 nitrogen and oxygen atoms in total. The van der Waals surface area contributed by atoms with Crippen molar-refractivity contribution in [2.24, 2.45) is 0 Å². The fraction of sp³-hybridized carbons (Fsp3) is 0.182. The van der Waals surface area contributed by atoms with Gasteiger partial charge in [0.25, 0.3) is 0 Å². The Morgan fingerprint density at radius 3 is 2.60 bits per heavy atom. The molecule has 78 valence electrons. The summed E-state index contributed by atoms with van der Waals surface area (Å²) in [6.07, 6.45) is 5.23. The van der Waals surface area contributed by atoms with Crippen LogP contribution < -0.4 is 0 Å². The maximum atomic E-state index is 11.0. The molecule has 1 aromatic carbocycles. The molecule has 0 saturated carbocycles. The van der Waals surface area contributed by atoms with E-state index in [4.69, 9.17) is 0 Å². The number of hydrogen-bond acceptors (Lipinski definition) is 2. The summed E-state index contributed by atoms with van der Waals surface area (Å²) >= 11 is -0.783. The van der Waals surface area contributed by atoms with Crippen LogP contribution in [-0.2, 0) is 16.9 Å². The zero-order valence-electron chi connectivity index (χ0n) is 8.43. The average molecular weight is 220 g/mol. The first kappa shape index (κ1) is 10.3. The van der Waals surface area contributed by atoms with Gasteiger partial charge < -0.3 is 9.54 Å². The van der Waals surface area contributed by atoms with Gasteiger partial charge in [0.05, 0.1) is 6.26 Å². The first-order chi connectivity index (χ1) is 7.25. The zero-order valence-corrected chi connectivity index (χ0v) is 9.25. The number of H-pyrrole nitrogens is 1. The lowest BCUT2D eigenvalue weighted by molar-refractivity contribution is 0.600. The Kier molecular flexibility index (Phi) is 3.08. The van der Waals surface area contributed by atoms with Crippen molar-refractivity contribution in [2.75, 3.05) is 6.26 Å². The Balaban J connectivity index is 2.17. The number of imidazole rings is 1. The molecule has 1 aromatic heterocycles. The summed E-state index contributed by atoms with van der Waals surface area (Å²) in [5, 5.41) is 0. The van der Waals surface area contributed by atoms with Gasteiger partial charge in [-0.2, -0.15) is 0 Å². The molecule has 0 radical (unpaired) electrons. The fourth-order valence-corrected chi connectivity index (χ4v) is 2.08. The van der Waals surface area contributed by atoms with Gasteiger partial charge in [-0.15, -0.1) is 0 Å². The molecule has 1 heterocycles. The van der Waals surface area contributed by atoms with E-state index in [1.807, 2.05) is 24.3 Å². The van der Waals surface area contributed by atoms with E-state index in [0.717, 1.165) is 17.0 Å². The first-order valence-electron chi connectivity index (χ1n) is 4.64. The summed E-state index contributed by atoms with van der Waals surface area (Å²) in [5.41, 5.74) is 2.14. The summed E-state index contributed by atoms with van der Waals surface area (Å²) in [7, 11) is 0. The van der Waals surface area contributed by atoms with E-state index in [0.29, 0.717) is 5.75 Å². The van der Waals surface area contributed by atoms with Gasteiger partial charge in [0.1, 0.15) is 11.6 Å². The van der Waals surface area contributed by atoms with Gasteiger partial charge in [0.15, 0.2) is 0 Å². The molecule has 0 bridgehead atoms. The quantitative estimate of drug-likeness (QED) is 0.804. The van der Waals surface area contributed by atoms with Crippen LogP contribution >= 0.6 is 0 Å². The lowest BCUT2D eigenvalue weighted by Crippen LogP contribution is -2.00. The van der Waals surface area contributed by atoms with Crippen molar-refractivity contribution in [1.82, 2.24) is 9.97 Å². The minimum absolute atomic E-state index is 0.610. The summed E-state index contributed by atoms with van der Waals surface area (Å²) in [4.78, 5) is 7.20. The Bertz CT molecular complexity index is 409. The molecule has 0 fully saturated rings. The molecule has 0 saturated heterocycles. The summed E-state index contributed by atoms with van der Waals surface area (Å²) < 4.78 is 11.0. The zero-order chi connectivity index (χ0) is 10.7. The molecule has 1 N–H and O–H groups in total. The van der Waals surface area contributed by atoms with Crippen LogP contribution in [0, 0.1) is 0 Å². The number of rotatable bonds is 3. The summed E-state index contributed by atoms with van der Waals surface area (Å²) in [6.45, 7) is 0. The van der Waals surface area contributed by atoms with E-state index in [1.165, 1.54) is 0 Å². The Morgan fingerprint density at radius 1 is 1.33 bits per heavy atom. The maximum absolute atomic E-state index is 11.0. The van der Waals surface area contributed by atoms with Gasteiger partial charge in [-0.05, 0) is 0 Å². The van der Waals surface area contributed by atoms with Crippen LogP contribution in [0.25, 0.3) is 11.4 Å². The molecule has 1 unspecified atom stereocenters. The fourth-order valence-electron chi connectivity index (χ4n) is 1.42. The highest BCUT2D eigenvalue weighted by Crippen LogP contribution is 2.15. The monoisotopic (exact) mass is 220 g/mol. The molecule has 15 heavy (non-hydrogen) atoms. The third kappa shape index (κ3) is 2.61. The third-order valence-corrected chi connectivity index (χ3v) is 2.84. The molecule has 0 spiro atoms. The van der Waals surface area contributed by atoms with Crippen LogP contribution in [0.5, 0.6) is 0 Å². The lowest BCUT2D eigenvalue weighted by atomic mass is 10.1. The predicted molar refractivity (Wildman–Crippen MR) is 61.8 cm³/mol. The standard InChI is InChI=1S/C11H12N2OS/c1-15(14)8-9-2-4-10(5-3-9)11-12-6-7-13-11/h2-7H,8H2,1H3,(H,12,13). The van der Waals surface area contributed by atoms with Gasteiger partial charge >= 0.3 is 0 Å². The second-order valence-corrected chi connectivity index (χ2v) is 4.79. The highest BCUT2D eigenvalue weighted by Gasteiger charge is 2.02. The van der Waals surface area contributed by atoms with Crippen molar-refractivity contribution >= 4 is 11.2 Å². The van der Waals surface area contributed by atoms with E-state index in [-0.39, 0.29) is 0 Å². The van der Waals surface area contributed by atoms with Crippen LogP contribution in [0.15, 0.2) is 36.7 Å². The lowest BCUT2D eigenvalue weighted by Gasteiger charge is -2.05. The molecule has 0 amide bonds. The van der Waals surface area contributed by atoms with Crippen molar-refractivity contribution in [3.63, 3.8) is 0 Å². The van der Waals surface area contributed by atoms with E-state index in [9.17, 15) is 4.55 Å². The SMILES string of the molecule is C[S+]([O-])Cc1ccc(-c2ncc[nH]2)cc1. The van der Waals surface area contributed by atoms with Crippen molar-refractivity contribution in [3.8, 4) is 11.4 Å². The topological polar surface area (TPSA) is 51.7 Å². The van der Waals surface area contributed by atoms with Gasteiger partial charge in [0.2, 0.25) is 0 Å². The van der Waals surface area contributed by atoms with Crippen molar-refractivity contribution in [2.45, 2.75) is 5.75 Å². The van der Waals surface area contributed by atoms with Crippen molar-refractivity contribution in [3.05, 3.63) is 42.2 Å². The van der Waals surface area contributed by atoms with Crippen LogP contribution in [0.2, 0.25) is 0 Å². The number of nitrogens with zero attached hydrogens (tertiary/aromatic N) is 1. The minimum atomic E-state index is -0.783. The normalized spacial score (nSPS) is 12.7. The molecule has 1 atom stereocenters. The largest absolute Gasteiger partial charge is 0.616 e. The highest BCUT2D eigenvalue weighted by molar-refractivity contribution is 7.89. The van der Waals surface area contributed by atoms with E-state index in [1.54, 1.807) is 18.6 Å².